The van der Waals surface area contributed by atoms with Crippen LogP contribution in [0, 0.1) is 11.6 Å². The lowest BCUT2D eigenvalue weighted by Gasteiger charge is -2.23. The second-order valence-corrected chi connectivity index (χ2v) is 8.39. The molecule has 7 nitrogen and oxygen atoms in total. The van der Waals surface area contributed by atoms with Gasteiger partial charge < -0.3 is 14.6 Å². The van der Waals surface area contributed by atoms with Crippen molar-refractivity contribution in [2.45, 2.75) is 24.9 Å². The fraction of sp³-hybridized carbons (Fsp3) is 0.259. The Kier molecular flexibility index (Phi) is 8.24. The van der Waals surface area contributed by atoms with E-state index in [2.05, 4.69) is 15.8 Å². The predicted molar refractivity (Wildman–Crippen MR) is 130 cm³/mol. The first-order chi connectivity index (χ1) is 17.5. The third-order valence-corrected chi connectivity index (χ3v) is 5.69. The number of aliphatic hydroxyl groups excluding tert-OH is 1. The van der Waals surface area contributed by atoms with Gasteiger partial charge in [0.25, 0.3) is 5.91 Å². The molecule has 0 aliphatic carbocycles. The summed E-state index contributed by atoms with van der Waals surface area (Å²) in [5, 5.41) is 8.89. The molecule has 0 radical (unpaired) electrons. The van der Waals surface area contributed by atoms with Crippen molar-refractivity contribution < 1.29 is 28.2 Å². The number of rotatable bonds is 11. The van der Waals surface area contributed by atoms with Gasteiger partial charge in [-0.15, -0.1) is 0 Å². The van der Waals surface area contributed by atoms with Crippen LogP contribution in [0.1, 0.15) is 23.1 Å². The number of carbonyl (C=O) groups excluding carboxylic acids is 1. The summed E-state index contributed by atoms with van der Waals surface area (Å²) in [6.45, 7) is 0.361. The van der Waals surface area contributed by atoms with E-state index in [1.54, 1.807) is 24.3 Å². The quantitative estimate of drug-likeness (QED) is 0.281. The van der Waals surface area contributed by atoms with Gasteiger partial charge in [0.2, 0.25) is 5.90 Å². The first-order valence-electron chi connectivity index (χ1n) is 11.6. The average molecular weight is 496 g/mol. The van der Waals surface area contributed by atoms with E-state index in [4.69, 9.17) is 14.6 Å². The minimum absolute atomic E-state index is 0.00776. The molecule has 0 bridgehead atoms. The molecule has 3 aromatic rings. The number of hydrazine groups is 1. The number of ether oxygens (including phenoxy) is 2. The highest BCUT2D eigenvalue weighted by Crippen LogP contribution is 2.27. The van der Waals surface area contributed by atoms with Crippen molar-refractivity contribution in [3.05, 3.63) is 101 Å². The number of nitrogens with zero attached hydrogens (tertiary/aromatic N) is 1. The molecule has 1 aliphatic rings. The number of halogens is 2. The smallest absolute Gasteiger partial charge is 0.266 e. The number of aliphatic imine (C=N–C) groups is 1. The Morgan fingerprint density at radius 3 is 2.61 bits per heavy atom. The van der Waals surface area contributed by atoms with Crippen LogP contribution in [0.15, 0.2) is 77.8 Å². The van der Waals surface area contributed by atoms with E-state index in [0.717, 1.165) is 23.8 Å². The number of nitrogens with one attached hydrogen (secondary N) is 2. The Morgan fingerprint density at radius 2 is 1.86 bits per heavy atom. The summed E-state index contributed by atoms with van der Waals surface area (Å²) < 4.78 is 38.8. The molecule has 4 rings (SSSR count). The molecule has 188 valence electrons. The minimum atomic E-state index is -1.26. The number of hydrogen-bond donors (Lipinski definition) is 3. The number of carbonyl (C=O) groups is 1. The average Bonchev–Trinajstić information content (AvgIpc) is 3.32. The Bertz CT molecular complexity index is 1210. The molecule has 0 fully saturated rings. The zero-order chi connectivity index (χ0) is 25.4. The summed E-state index contributed by atoms with van der Waals surface area (Å²) in [6, 6.07) is 19.7. The van der Waals surface area contributed by atoms with Crippen molar-refractivity contribution in [2.75, 3.05) is 19.8 Å². The molecule has 0 aromatic heterocycles. The highest BCUT2D eigenvalue weighted by molar-refractivity contribution is 6.00. The summed E-state index contributed by atoms with van der Waals surface area (Å²) in [7, 11) is 0. The van der Waals surface area contributed by atoms with Gasteiger partial charge in [0.15, 0.2) is 5.54 Å². The van der Waals surface area contributed by atoms with Crippen molar-refractivity contribution in [3.8, 4) is 5.75 Å². The molecule has 9 heteroatoms. The topological polar surface area (TPSA) is 92.2 Å². The SMILES string of the molecule is O=C(NNCc1cc(F)ccc1F)[C@]1(Cc2ccccc2)COC(c2ccc(OCCCO)cc2)=N1. The monoisotopic (exact) mass is 495 g/mol. The van der Waals surface area contributed by atoms with Crippen LogP contribution < -0.4 is 15.6 Å². The van der Waals surface area contributed by atoms with Crippen molar-refractivity contribution >= 4 is 11.8 Å². The van der Waals surface area contributed by atoms with Gasteiger partial charge in [-0.1, -0.05) is 30.3 Å². The molecule has 3 aromatic carbocycles. The van der Waals surface area contributed by atoms with Crippen LogP contribution >= 0.6 is 0 Å². The van der Waals surface area contributed by atoms with Gasteiger partial charge in [0.1, 0.15) is 24.0 Å². The van der Waals surface area contributed by atoms with Gasteiger partial charge >= 0.3 is 0 Å². The molecule has 1 amide bonds. The molecule has 0 saturated heterocycles. The fourth-order valence-corrected chi connectivity index (χ4v) is 3.78. The van der Waals surface area contributed by atoms with Gasteiger partial charge in [-0.05, 0) is 48.0 Å². The summed E-state index contributed by atoms with van der Waals surface area (Å²) in [5.41, 5.74) is 5.66. The third-order valence-electron chi connectivity index (χ3n) is 5.69. The number of hydrogen-bond acceptors (Lipinski definition) is 6. The lowest BCUT2D eigenvalue weighted by atomic mass is 9.91. The molecule has 1 aliphatic heterocycles. The summed E-state index contributed by atoms with van der Waals surface area (Å²) in [6.07, 6.45) is 0.816. The number of amides is 1. The molecule has 1 atom stereocenters. The van der Waals surface area contributed by atoms with Gasteiger partial charge in [-0.2, -0.15) is 0 Å². The van der Waals surface area contributed by atoms with Crippen LogP contribution in [-0.2, 0) is 22.5 Å². The van der Waals surface area contributed by atoms with Crippen molar-refractivity contribution in [1.82, 2.24) is 10.9 Å². The normalized spacial score (nSPS) is 16.8. The van der Waals surface area contributed by atoms with E-state index in [1.807, 2.05) is 30.3 Å². The predicted octanol–water partition coefficient (Wildman–Crippen LogP) is 3.31. The second-order valence-electron chi connectivity index (χ2n) is 8.39. The maximum atomic E-state index is 13.9. The number of benzene rings is 3. The van der Waals surface area contributed by atoms with Crippen molar-refractivity contribution in [2.24, 2.45) is 4.99 Å². The first-order valence-corrected chi connectivity index (χ1v) is 11.6. The standard InChI is InChI=1S/C27H27F2N3O4/c28-22-9-12-24(29)21(15-22)17-30-32-26(34)27(16-19-5-2-1-3-6-19)18-36-25(31-27)20-7-10-23(11-8-20)35-14-4-13-33/h1-3,5-12,15,30,33H,4,13-14,16-18H2,(H,32,34)/t27-/m0/s1. The largest absolute Gasteiger partial charge is 0.494 e. The molecule has 0 saturated carbocycles. The van der Waals surface area contributed by atoms with E-state index >= 15 is 0 Å². The maximum absolute atomic E-state index is 13.9. The number of aliphatic hydroxyl groups is 1. The Labute approximate surface area is 207 Å². The van der Waals surface area contributed by atoms with Gasteiger partial charge in [0.05, 0.1) is 6.61 Å². The van der Waals surface area contributed by atoms with Gasteiger partial charge in [-0.25, -0.2) is 19.2 Å². The Balaban J connectivity index is 1.50. The van der Waals surface area contributed by atoms with Gasteiger partial charge in [-0.3, -0.25) is 10.2 Å². The molecule has 0 unspecified atom stereocenters. The van der Waals surface area contributed by atoms with E-state index in [1.165, 1.54) is 0 Å². The molecule has 0 spiro atoms. The van der Waals surface area contributed by atoms with Crippen LogP contribution in [0.2, 0.25) is 0 Å². The molecule has 1 heterocycles. The second kappa shape index (κ2) is 11.7. The first kappa shape index (κ1) is 25.3. The fourth-order valence-electron chi connectivity index (χ4n) is 3.78. The van der Waals surface area contributed by atoms with E-state index in [0.29, 0.717) is 30.2 Å². The summed E-state index contributed by atoms with van der Waals surface area (Å²) in [4.78, 5) is 18.0. The minimum Gasteiger partial charge on any atom is -0.494 e. The molecular weight excluding hydrogens is 468 g/mol. The maximum Gasteiger partial charge on any atom is 0.266 e. The highest BCUT2D eigenvalue weighted by atomic mass is 19.1. The molecular formula is C27H27F2N3O4. The van der Waals surface area contributed by atoms with E-state index in [9.17, 15) is 13.6 Å². The Hall–Kier alpha value is -3.82. The molecule has 36 heavy (non-hydrogen) atoms. The summed E-state index contributed by atoms with van der Waals surface area (Å²) in [5.74, 6) is -0.636. The van der Waals surface area contributed by atoms with Crippen LogP contribution in [0.3, 0.4) is 0 Å². The zero-order valence-electron chi connectivity index (χ0n) is 19.5. The third kappa shape index (κ3) is 6.24. The molecule has 3 N–H and O–H groups in total. The zero-order valence-corrected chi connectivity index (χ0v) is 19.5. The van der Waals surface area contributed by atoms with Crippen LogP contribution in [0.5, 0.6) is 5.75 Å². The van der Waals surface area contributed by atoms with Crippen LogP contribution in [-0.4, -0.2) is 42.3 Å². The lowest BCUT2D eigenvalue weighted by Crippen LogP contribution is -2.52. The van der Waals surface area contributed by atoms with Gasteiger partial charge in [0, 0.05) is 37.1 Å². The summed E-state index contributed by atoms with van der Waals surface area (Å²) >= 11 is 0. The van der Waals surface area contributed by atoms with Crippen molar-refractivity contribution in [3.63, 3.8) is 0 Å². The van der Waals surface area contributed by atoms with Crippen molar-refractivity contribution in [1.29, 1.82) is 0 Å². The lowest BCUT2D eigenvalue weighted by molar-refractivity contribution is -0.127. The Morgan fingerprint density at radius 1 is 1.08 bits per heavy atom. The van der Waals surface area contributed by atoms with E-state index < -0.39 is 23.1 Å². The van der Waals surface area contributed by atoms with E-state index in [-0.39, 0.29) is 31.7 Å². The van der Waals surface area contributed by atoms with Crippen LogP contribution in [0.4, 0.5) is 8.78 Å². The van der Waals surface area contributed by atoms with Crippen LogP contribution in [0.25, 0.3) is 0 Å². The highest BCUT2D eigenvalue weighted by Gasteiger charge is 2.44.